The monoisotopic (exact) mass is 358 g/mol. The number of benzene rings is 1. The fraction of sp³-hybridized carbons (Fsp3) is 0.526. The van der Waals surface area contributed by atoms with Gasteiger partial charge in [0.2, 0.25) is 0 Å². The van der Waals surface area contributed by atoms with E-state index in [0.717, 1.165) is 18.5 Å². The third kappa shape index (κ3) is 2.16. The molecule has 3 atom stereocenters. The molecule has 1 N–H and O–H groups in total. The summed E-state index contributed by atoms with van der Waals surface area (Å²) in [5, 5.41) is 11.3. The smallest absolute Gasteiger partial charge is 0.150 e. The van der Waals surface area contributed by atoms with E-state index in [0.29, 0.717) is 12.8 Å². The lowest BCUT2D eigenvalue weighted by molar-refractivity contribution is 0.00754. The topological polar surface area (TPSA) is 72.2 Å². The van der Waals surface area contributed by atoms with Crippen molar-refractivity contribution in [3.8, 4) is 11.3 Å². The standard InChI is InChI=1S/C19H22N2O3S/c22-18-15(5-6-19(18)7-9-25(23,24)10-8-19)17-14-4-2-1-3-13(14)16-11-20-12-21(16)17/h1-4,11-12,15,17-18,22H,5-10H2/t15-,17+,18+/m1/s1. The summed E-state index contributed by atoms with van der Waals surface area (Å²) >= 11 is 0. The van der Waals surface area contributed by atoms with Gasteiger partial charge in [-0.25, -0.2) is 13.4 Å². The summed E-state index contributed by atoms with van der Waals surface area (Å²) in [6.45, 7) is 0. The van der Waals surface area contributed by atoms with E-state index in [-0.39, 0.29) is 28.9 Å². The molecule has 3 heterocycles. The van der Waals surface area contributed by atoms with Crippen LogP contribution < -0.4 is 0 Å². The Hall–Kier alpha value is -1.66. The summed E-state index contributed by atoms with van der Waals surface area (Å²) in [5.74, 6) is 0.542. The minimum Gasteiger partial charge on any atom is -0.392 e. The average molecular weight is 358 g/mol. The number of aliphatic hydroxyl groups is 1. The van der Waals surface area contributed by atoms with Crippen molar-refractivity contribution in [1.82, 2.24) is 9.55 Å². The van der Waals surface area contributed by atoms with Crippen molar-refractivity contribution < 1.29 is 13.5 Å². The van der Waals surface area contributed by atoms with E-state index in [1.165, 1.54) is 11.1 Å². The molecule has 0 radical (unpaired) electrons. The van der Waals surface area contributed by atoms with E-state index in [9.17, 15) is 13.5 Å². The van der Waals surface area contributed by atoms with Crippen molar-refractivity contribution in [2.75, 3.05) is 11.5 Å². The Morgan fingerprint density at radius 2 is 1.92 bits per heavy atom. The fourth-order valence-electron chi connectivity index (χ4n) is 5.34. The molecule has 1 spiro atoms. The highest BCUT2D eigenvalue weighted by atomic mass is 32.2. The summed E-state index contributed by atoms with van der Waals surface area (Å²) in [6, 6.07) is 8.46. The molecular weight excluding hydrogens is 336 g/mol. The van der Waals surface area contributed by atoms with E-state index >= 15 is 0 Å². The summed E-state index contributed by atoms with van der Waals surface area (Å²) in [6.07, 6.45) is 6.33. The molecule has 1 aromatic heterocycles. The number of hydrogen-bond donors (Lipinski definition) is 1. The second-order valence-corrected chi connectivity index (χ2v) is 10.2. The second-order valence-electron chi connectivity index (χ2n) is 7.88. The number of aromatic nitrogens is 2. The van der Waals surface area contributed by atoms with E-state index in [2.05, 4.69) is 27.8 Å². The average Bonchev–Trinajstić information content (AvgIpc) is 3.26. The Labute approximate surface area is 147 Å². The van der Waals surface area contributed by atoms with Crippen LogP contribution in [0.2, 0.25) is 0 Å². The van der Waals surface area contributed by atoms with Gasteiger partial charge in [0.05, 0.1) is 41.9 Å². The molecule has 1 aliphatic carbocycles. The Morgan fingerprint density at radius 1 is 1.16 bits per heavy atom. The lowest BCUT2D eigenvalue weighted by Crippen LogP contribution is -2.42. The Bertz CT molecular complexity index is 920. The highest BCUT2D eigenvalue weighted by molar-refractivity contribution is 7.91. The molecule has 1 aromatic carbocycles. The molecular formula is C19H22N2O3S. The molecule has 2 fully saturated rings. The summed E-state index contributed by atoms with van der Waals surface area (Å²) in [7, 11) is -2.92. The van der Waals surface area contributed by atoms with E-state index in [1.54, 1.807) is 0 Å². The summed E-state index contributed by atoms with van der Waals surface area (Å²) in [4.78, 5) is 4.31. The first-order valence-corrected chi connectivity index (χ1v) is 10.8. The lowest BCUT2D eigenvalue weighted by Gasteiger charge is -2.38. The minimum atomic E-state index is -2.92. The normalized spacial score (nSPS) is 31.8. The maximum atomic E-state index is 11.8. The molecule has 0 bridgehead atoms. The Kier molecular flexibility index (Phi) is 3.23. The molecule has 0 unspecified atom stereocenters. The first-order chi connectivity index (χ1) is 12.0. The van der Waals surface area contributed by atoms with Crippen LogP contribution in [0.3, 0.4) is 0 Å². The number of hydrogen-bond acceptors (Lipinski definition) is 4. The third-order valence-corrected chi connectivity index (χ3v) is 8.41. The van der Waals surface area contributed by atoms with Crippen LogP contribution in [0.5, 0.6) is 0 Å². The van der Waals surface area contributed by atoms with Crippen molar-refractivity contribution in [2.24, 2.45) is 11.3 Å². The largest absolute Gasteiger partial charge is 0.392 e. The lowest BCUT2D eigenvalue weighted by atomic mass is 9.76. The molecule has 132 valence electrons. The van der Waals surface area contributed by atoms with Crippen LogP contribution in [0.25, 0.3) is 11.3 Å². The minimum absolute atomic E-state index is 0.0987. The van der Waals surface area contributed by atoms with Gasteiger partial charge < -0.3 is 9.67 Å². The van der Waals surface area contributed by atoms with Crippen LogP contribution in [0.4, 0.5) is 0 Å². The molecule has 2 aliphatic heterocycles. The highest BCUT2D eigenvalue weighted by Gasteiger charge is 2.53. The quantitative estimate of drug-likeness (QED) is 0.850. The molecule has 5 nitrogen and oxygen atoms in total. The molecule has 3 aliphatic rings. The summed E-state index contributed by atoms with van der Waals surface area (Å²) < 4.78 is 25.9. The molecule has 2 aromatic rings. The second kappa shape index (κ2) is 5.17. The van der Waals surface area contributed by atoms with Crippen molar-refractivity contribution >= 4 is 9.84 Å². The zero-order valence-corrected chi connectivity index (χ0v) is 14.8. The van der Waals surface area contributed by atoms with E-state index in [4.69, 9.17) is 0 Å². The number of imidazole rings is 1. The zero-order valence-electron chi connectivity index (χ0n) is 14.0. The van der Waals surface area contributed by atoms with Gasteiger partial charge in [0.15, 0.2) is 0 Å². The maximum absolute atomic E-state index is 11.8. The molecule has 25 heavy (non-hydrogen) atoms. The highest BCUT2D eigenvalue weighted by Crippen LogP contribution is 2.56. The predicted molar refractivity (Wildman–Crippen MR) is 94.9 cm³/mol. The van der Waals surface area contributed by atoms with Gasteiger partial charge in [0.1, 0.15) is 9.84 Å². The van der Waals surface area contributed by atoms with Gasteiger partial charge in [-0.2, -0.15) is 0 Å². The number of fused-ring (bicyclic) bond motifs is 3. The zero-order chi connectivity index (χ0) is 17.2. The van der Waals surface area contributed by atoms with Crippen LogP contribution in [-0.4, -0.2) is 40.7 Å². The van der Waals surface area contributed by atoms with Crippen molar-refractivity contribution in [1.29, 1.82) is 0 Å². The van der Waals surface area contributed by atoms with Crippen LogP contribution in [0.15, 0.2) is 36.8 Å². The van der Waals surface area contributed by atoms with Crippen molar-refractivity contribution in [3.05, 3.63) is 42.4 Å². The van der Waals surface area contributed by atoms with Gasteiger partial charge in [-0.05, 0) is 36.7 Å². The van der Waals surface area contributed by atoms with Gasteiger partial charge >= 0.3 is 0 Å². The fourth-order valence-corrected chi connectivity index (χ4v) is 6.98. The van der Waals surface area contributed by atoms with Crippen LogP contribution in [-0.2, 0) is 9.84 Å². The summed E-state index contributed by atoms with van der Waals surface area (Å²) in [5.41, 5.74) is 3.34. The SMILES string of the molecule is O=S1(=O)CCC2(CC[C@H]([C@@H]3c4ccccc4-c4cncn43)[C@@H]2O)CC1. The van der Waals surface area contributed by atoms with E-state index < -0.39 is 15.9 Å². The Morgan fingerprint density at radius 3 is 2.72 bits per heavy atom. The van der Waals surface area contributed by atoms with Gasteiger partial charge in [0.25, 0.3) is 0 Å². The first kappa shape index (κ1) is 15.6. The first-order valence-electron chi connectivity index (χ1n) is 9.00. The number of sulfone groups is 1. The predicted octanol–water partition coefficient (Wildman–Crippen LogP) is 2.42. The maximum Gasteiger partial charge on any atom is 0.150 e. The van der Waals surface area contributed by atoms with Crippen LogP contribution in [0, 0.1) is 11.3 Å². The molecule has 5 rings (SSSR count). The molecule has 0 amide bonds. The van der Waals surface area contributed by atoms with E-state index in [1.807, 2.05) is 18.6 Å². The van der Waals surface area contributed by atoms with Gasteiger partial charge in [-0.3, -0.25) is 0 Å². The van der Waals surface area contributed by atoms with Gasteiger partial charge in [-0.1, -0.05) is 24.3 Å². The molecule has 1 saturated heterocycles. The number of aliphatic hydroxyl groups excluding tert-OH is 1. The molecule has 1 saturated carbocycles. The van der Waals surface area contributed by atoms with Crippen molar-refractivity contribution in [2.45, 2.75) is 37.8 Å². The van der Waals surface area contributed by atoms with Gasteiger partial charge in [-0.15, -0.1) is 0 Å². The third-order valence-electron chi connectivity index (χ3n) is 6.76. The van der Waals surface area contributed by atoms with Crippen LogP contribution >= 0.6 is 0 Å². The number of rotatable bonds is 1. The number of nitrogens with zero attached hydrogens (tertiary/aromatic N) is 2. The molecule has 6 heteroatoms. The van der Waals surface area contributed by atoms with Gasteiger partial charge in [0, 0.05) is 11.5 Å². The van der Waals surface area contributed by atoms with Crippen molar-refractivity contribution in [3.63, 3.8) is 0 Å². The Balaban J connectivity index is 1.51. The van der Waals surface area contributed by atoms with Crippen LogP contribution in [0.1, 0.15) is 37.3 Å².